The van der Waals surface area contributed by atoms with Crippen LogP contribution in [0.1, 0.15) is 5.82 Å². The van der Waals surface area contributed by atoms with Gasteiger partial charge in [-0.2, -0.15) is 5.10 Å². The zero-order valence-electron chi connectivity index (χ0n) is 8.96. The fourth-order valence-corrected chi connectivity index (χ4v) is 1.57. The minimum atomic E-state index is -0.579. The lowest BCUT2D eigenvalue weighted by molar-refractivity contribution is -0.384. The molecule has 0 atom stereocenters. The number of hydrogen-bond acceptors (Lipinski definition) is 5. The van der Waals surface area contributed by atoms with Gasteiger partial charge in [-0.15, -0.1) is 0 Å². The number of aromatic amines is 1. The molecule has 0 aliphatic carbocycles. The molecular weight excluding hydrogens is 260 g/mol. The van der Waals surface area contributed by atoms with Crippen LogP contribution >= 0.6 is 11.6 Å². The zero-order chi connectivity index (χ0) is 13.1. The van der Waals surface area contributed by atoms with Crippen LogP contribution in [0, 0.1) is 10.1 Å². The molecule has 7 nitrogen and oxygen atoms in total. The summed E-state index contributed by atoms with van der Waals surface area (Å²) in [6, 6.07) is 4.27. The molecule has 0 fully saturated rings. The van der Waals surface area contributed by atoms with Crippen molar-refractivity contribution >= 4 is 23.6 Å². The average Bonchev–Trinajstić information content (AvgIpc) is 2.78. The van der Waals surface area contributed by atoms with Crippen molar-refractivity contribution in [3.63, 3.8) is 0 Å². The molecule has 2 rings (SSSR count). The quantitative estimate of drug-likeness (QED) is 0.516. The third-order valence-corrected chi connectivity index (χ3v) is 2.53. The zero-order valence-corrected chi connectivity index (χ0v) is 9.72. The van der Waals surface area contributed by atoms with Gasteiger partial charge in [0.2, 0.25) is 0 Å². The highest BCUT2D eigenvalue weighted by Crippen LogP contribution is 2.28. The Labute approximate surface area is 106 Å². The number of rotatable bonds is 4. The normalized spacial score (nSPS) is 10.3. The Morgan fingerprint density at radius 3 is 2.94 bits per heavy atom. The monoisotopic (exact) mass is 266 g/mol. The van der Waals surface area contributed by atoms with Gasteiger partial charge in [0.1, 0.15) is 17.1 Å². The van der Waals surface area contributed by atoms with E-state index in [1.54, 1.807) is 6.07 Å². The minimum absolute atomic E-state index is 0.0485. The smallest absolute Gasteiger partial charge is 0.288 e. The Morgan fingerprint density at radius 2 is 2.28 bits per heavy atom. The third kappa shape index (κ3) is 2.35. The Morgan fingerprint density at radius 1 is 1.50 bits per heavy atom. The van der Waals surface area contributed by atoms with Crippen molar-refractivity contribution in [2.45, 2.75) is 6.42 Å². The number of halogens is 1. The average molecular weight is 267 g/mol. The van der Waals surface area contributed by atoms with Gasteiger partial charge in [0.15, 0.2) is 5.82 Å². The molecule has 0 saturated carbocycles. The summed E-state index contributed by atoms with van der Waals surface area (Å²) >= 11 is 5.70. The fraction of sp³-hybridized carbons (Fsp3) is 0.100. The summed E-state index contributed by atoms with van der Waals surface area (Å²) in [6.07, 6.45) is 0.803. The van der Waals surface area contributed by atoms with Crippen LogP contribution in [0.15, 0.2) is 18.2 Å². The van der Waals surface area contributed by atoms with Gasteiger partial charge in [-0.1, -0.05) is 11.6 Å². The molecule has 0 spiro atoms. The van der Waals surface area contributed by atoms with E-state index >= 15 is 0 Å². The summed E-state index contributed by atoms with van der Waals surface area (Å²) < 4.78 is 0. The summed E-state index contributed by atoms with van der Waals surface area (Å²) in [7, 11) is 0. The highest BCUT2D eigenvalue weighted by Gasteiger charge is 2.15. The van der Waals surface area contributed by atoms with Gasteiger partial charge in [-0.25, -0.2) is 4.98 Å². The predicted molar refractivity (Wildman–Crippen MR) is 63.3 cm³/mol. The van der Waals surface area contributed by atoms with Crippen molar-refractivity contribution in [1.29, 1.82) is 0 Å². The maximum atomic E-state index is 10.7. The fourth-order valence-electron chi connectivity index (χ4n) is 1.39. The van der Waals surface area contributed by atoms with E-state index in [1.807, 2.05) is 0 Å². The number of nitro benzene ring substituents is 1. The van der Waals surface area contributed by atoms with Gasteiger partial charge < -0.3 is 4.79 Å². The van der Waals surface area contributed by atoms with Crippen LogP contribution in [-0.2, 0) is 11.2 Å². The van der Waals surface area contributed by atoms with Crippen LogP contribution in [0.4, 0.5) is 5.69 Å². The van der Waals surface area contributed by atoms with Crippen LogP contribution in [-0.4, -0.2) is 26.4 Å². The van der Waals surface area contributed by atoms with Gasteiger partial charge in [-0.3, -0.25) is 15.2 Å². The van der Waals surface area contributed by atoms with E-state index in [1.165, 1.54) is 12.1 Å². The number of carbonyl (C=O) groups is 1. The van der Waals surface area contributed by atoms with E-state index in [9.17, 15) is 14.9 Å². The van der Waals surface area contributed by atoms with Gasteiger partial charge in [-0.05, 0) is 12.1 Å². The standard InChI is InChI=1S/C10H7ClN4O3/c11-7-2-1-6(5-8(7)15(17)18)10-12-9(3-4-16)13-14-10/h1-2,4-5H,3H2,(H,12,13,14). The lowest BCUT2D eigenvalue weighted by Gasteiger charge is -1.97. The van der Waals surface area contributed by atoms with Gasteiger partial charge in [0, 0.05) is 11.6 Å². The first-order chi connectivity index (χ1) is 8.61. The van der Waals surface area contributed by atoms with Crippen molar-refractivity contribution in [3.8, 4) is 11.4 Å². The molecule has 1 heterocycles. The number of hydrogen-bond donors (Lipinski definition) is 1. The Bertz CT molecular complexity index is 611. The third-order valence-electron chi connectivity index (χ3n) is 2.21. The first-order valence-electron chi connectivity index (χ1n) is 4.91. The number of nitro groups is 1. The van der Waals surface area contributed by atoms with Gasteiger partial charge in [0.05, 0.1) is 11.3 Å². The number of aldehydes is 1. The van der Waals surface area contributed by atoms with E-state index < -0.39 is 4.92 Å². The summed E-state index contributed by atoms with van der Waals surface area (Å²) in [5.74, 6) is 0.684. The molecule has 0 aliphatic rings. The second-order valence-electron chi connectivity index (χ2n) is 3.40. The predicted octanol–water partition coefficient (Wildman–Crippen LogP) is 1.77. The van der Waals surface area contributed by atoms with Crippen LogP contribution in [0.2, 0.25) is 5.02 Å². The molecule has 0 aliphatic heterocycles. The summed E-state index contributed by atoms with van der Waals surface area (Å²) in [5, 5.41) is 17.2. The van der Waals surface area contributed by atoms with E-state index in [0.29, 0.717) is 17.7 Å². The molecular formula is C10H7ClN4O3. The Balaban J connectivity index is 2.40. The molecule has 0 bridgehead atoms. The summed E-state index contributed by atoms with van der Waals surface area (Å²) in [5.41, 5.74) is 0.246. The molecule has 0 saturated heterocycles. The largest absolute Gasteiger partial charge is 0.303 e. The van der Waals surface area contributed by atoms with Crippen LogP contribution in [0.5, 0.6) is 0 Å². The lowest BCUT2D eigenvalue weighted by Crippen LogP contribution is -1.91. The van der Waals surface area contributed by atoms with Crippen molar-refractivity contribution in [2.24, 2.45) is 0 Å². The highest BCUT2D eigenvalue weighted by molar-refractivity contribution is 6.32. The van der Waals surface area contributed by atoms with Crippen molar-refractivity contribution in [1.82, 2.24) is 15.2 Å². The number of carbonyl (C=O) groups excluding carboxylic acids is 1. The Kier molecular flexibility index (Phi) is 3.33. The number of nitrogens with one attached hydrogen (secondary N) is 1. The first kappa shape index (κ1) is 12.2. The van der Waals surface area contributed by atoms with Crippen molar-refractivity contribution in [2.75, 3.05) is 0 Å². The molecule has 18 heavy (non-hydrogen) atoms. The second-order valence-corrected chi connectivity index (χ2v) is 3.81. The van der Waals surface area contributed by atoms with Crippen LogP contribution in [0.3, 0.4) is 0 Å². The van der Waals surface area contributed by atoms with Crippen molar-refractivity contribution in [3.05, 3.63) is 39.2 Å². The molecule has 0 radical (unpaired) electrons. The minimum Gasteiger partial charge on any atom is -0.303 e. The number of H-pyrrole nitrogens is 1. The van der Waals surface area contributed by atoms with Crippen LogP contribution in [0.25, 0.3) is 11.4 Å². The maximum absolute atomic E-state index is 10.7. The molecule has 2 aromatic rings. The molecule has 1 N–H and O–H groups in total. The van der Waals surface area contributed by atoms with Crippen molar-refractivity contribution < 1.29 is 9.72 Å². The van der Waals surface area contributed by atoms with E-state index in [-0.39, 0.29) is 23.0 Å². The van der Waals surface area contributed by atoms with E-state index in [0.717, 1.165) is 0 Å². The highest BCUT2D eigenvalue weighted by atomic mass is 35.5. The molecule has 0 unspecified atom stereocenters. The molecule has 8 heteroatoms. The molecule has 92 valence electrons. The number of benzene rings is 1. The first-order valence-corrected chi connectivity index (χ1v) is 5.29. The van der Waals surface area contributed by atoms with Gasteiger partial charge in [0.25, 0.3) is 5.69 Å². The molecule has 0 amide bonds. The number of nitrogens with zero attached hydrogens (tertiary/aromatic N) is 3. The van der Waals surface area contributed by atoms with E-state index in [2.05, 4.69) is 15.2 Å². The SMILES string of the molecule is O=CCc1nc(-c2ccc(Cl)c([N+](=O)[O-])c2)n[nH]1. The van der Waals surface area contributed by atoms with E-state index in [4.69, 9.17) is 11.6 Å². The summed E-state index contributed by atoms with van der Waals surface area (Å²) in [6.45, 7) is 0. The maximum Gasteiger partial charge on any atom is 0.288 e. The van der Waals surface area contributed by atoms with Crippen LogP contribution < -0.4 is 0 Å². The molecule has 1 aromatic carbocycles. The topological polar surface area (TPSA) is 102 Å². The summed E-state index contributed by atoms with van der Waals surface area (Å²) in [4.78, 5) is 24.5. The molecule has 1 aromatic heterocycles. The Hall–Kier alpha value is -2.28. The second kappa shape index (κ2) is 4.92. The van der Waals surface area contributed by atoms with Gasteiger partial charge >= 0.3 is 0 Å². The lowest BCUT2D eigenvalue weighted by atomic mass is 10.2. The number of aromatic nitrogens is 3.